The summed E-state index contributed by atoms with van der Waals surface area (Å²) in [6.07, 6.45) is 2.06. The van der Waals surface area contributed by atoms with E-state index in [-0.39, 0.29) is 0 Å². The minimum absolute atomic E-state index is 0.850. The van der Waals surface area contributed by atoms with E-state index in [9.17, 15) is 0 Å². The van der Waals surface area contributed by atoms with Gasteiger partial charge in [-0.1, -0.05) is 52.0 Å². The van der Waals surface area contributed by atoms with E-state index in [1.165, 1.54) is 5.57 Å². The number of hydrogen-bond acceptors (Lipinski definition) is 1. The van der Waals surface area contributed by atoms with E-state index in [0.29, 0.717) is 0 Å². The second kappa shape index (κ2) is 10.8. The Labute approximate surface area is 95.0 Å². The molecule has 0 fully saturated rings. The highest BCUT2D eigenvalue weighted by atomic mass is 14.6. The maximum atomic E-state index is 5.76. The first-order chi connectivity index (χ1) is 7.25. The fraction of sp³-hybridized carbons (Fsp3) is 0.429. The van der Waals surface area contributed by atoms with Gasteiger partial charge in [0.05, 0.1) is 0 Å². The Morgan fingerprint density at radius 3 is 1.93 bits per heavy atom. The number of nitrogen functional groups attached to an aromatic ring is 1. The number of para-hydroxylation sites is 1. The number of hydrogen-bond donors (Lipinski definition) is 1. The molecule has 0 atom stereocenters. The van der Waals surface area contributed by atoms with Crippen molar-refractivity contribution in [1.29, 1.82) is 0 Å². The second-order valence-electron chi connectivity index (χ2n) is 2.56. The Bertz CT molecular complexity index is 274. The number of anilines is 1. The summed E-state index contributed by atoms with van der Waals surface area (Å²) in [6, 6.07) is 7.90. The first-order valence-electron chi connectivity index (χ1n) is 5.73. The normalized spacial score (nSPS) is 9.33. The molecule has 2 N–H and O–H groups in total. The van der Waals surface area contributed by atoms with Crippen molar-refractivity contribution >= 4 is 11.3 Å². The van der Waals surface area contributed by atoms with Crippen LogP contribution in [0.5, 0.6) is 0 Å². The van der Waals surface area contributed by atoms with Gasteiger partial charge in [0.2, 0.25) is 0 Å². The van der Waals surface area contributed by atoms with Crippen LogP contribution in [0.4, 0.5) is 5.69 Å². The van der Waals surface area contributed by atoms with Crippen LogP contribution in [0.2, 0.25) is 0 Å². The smallest absolute Gasteiger partial charge is 0.0390 e. The molecule has 0 unspecified atom stereocenters. The van der Waals surface area contributed by atoms with Gasteiger partial charge in [-0.3, -0.25) is 0 Å². The van der Waals surface area contributed by atoms with Gasteiger partial charge in [0.25, 0.3) is 0 Å². The van der Waals surface area contributed by atoms with Crippen LogP contribution in [0, 0.1) is 0 Å². The maximum absolute atomic E-state index is 5.76. The number of nitrogens with two attached hydrogens (primary N) is 1. The minimum Gasteiger partial charge on any atom is -0.398 e. The Kier molecular flexibility index (Phi) is 11.7. The minimum atomic E-state index is 0.850. The summed E-state index contributed by atoms with van der Waals surface area (Å²) in [5.41, 5.74) is 8.97. The van der Waals surface area contributed by atoms with E-state index >= 15 is 0 Å². The van der Waals surface area contributed by atoms with Crippen LogP contribution >= 0.6 is 0 Å². The highest BCUT2D eigenvalue weighted by molar-refractivity contribution is 5.73. The molecular weight excluding hydrogens is 182 g/mol. The molecule has 0 amide bonds. The zero-order valence-electron chi connectivity index (χ0n) is 11.0. The number of allylic oxidation sites excluding steroid dienone is 2. The van der Waals surface area contributed by atoms with E-state index in [0.717, 1.165) is 11.3 Å². The van der Waals surface area contributed by atoms with Crippen LogP contribution in [-0.2, 0) is 0 Å². The summed E-state index contributed by atoms with van der Waals surface area (Å²) < 4.78 is 0. The van der Waals surface area contributed by atoms with Gasteiger partial charge < -0.3 is 5.73 Å². The standard InChI is InChI=1S/C10H13N.2C2H6/c1-3-8(2)9-6-4-5-7-10(9)11;2*1-2/h3-7H,11H2,1-2H3;2*1-2H3/b8-3-;;. The van der Waals surface area contributed by atoms with Crippen LogP contribution in [0.3, 0.4) is 0 Å². The first kappa shape index (κ1) is 16.2. The van der Waals surface area contributed by atoms with Crippen molar-refractivity contribution in [2.24, 2.45) is 0 Å². The number of rotatable bonds is 1. The Hall–Kier alpha value is -1.24. The Morgan fingerprint density at radius 2 is 1.53 bits per heavy atom. The van der Waals surface area contributed by atoms with Gasteiger partial charge in [-0.2, -0.15) is 0 Å². The summed E-state index contributed by atoms with van der Waals surface area (Å²) in [5, 5.41) is 0. The lowest BCUT2D eigenvalue weighted by Gasteiger charge is -2.03. The monoisotopic (exact) mass is 207 g/mol. The van der Waals surface area contributed by atoms with Crippen LogP contribution in [0.1, 0.15) is 47.1 Å². The third-order valence-electron chi connectivity index (χ3n) is 1.82. The predicted octanol–water partition coefficient (Wildman–Crippen LogP) is 4.74. The average molecular weight is 207 g/mol. The largest absolute Gasteiger partial charge is 0.398 e. The van der Waals surface area contributed by atoms with Crippen molar-refractivity contribution < 1.29 is 0 Å². The van der Waals surface area contributed by atoms with Crippen molar-refractivity contribution in [2.45, 2.75) is 41.5 Å². The van der Waals surface area contributed by atoms with Gasteiger partial charge in [0, 0.05) is 5.69 Å². The summed E-state index contributed by atoms with van der Waals surface area (Å²) in [4.78, 5) is 0. The molecule has 0 bridgehead atoms. The van der Waals surface area contributed by atoms with Gasteiger partial charge in [0.15, 0.2) is 0 Å². The van der Waals surface area contributed by atoms with Crippen molar-refractivity contribution in [3.8, 4) is 0 Å². The topological polar surface area (TPSA) is 26.0 Å². The van der Waals surface area contributed by atoms with Crippen LogP contribution in [-0.4, -0.2) is 0 Å². The molecule has 0 aliphatic heterocycles. The van der Waals surface area contributed by atoms with Gasteiger partial charge in [-0.25, -0.2) is 0 Å². The molecule has 0 radical (unpaired) electrons. The van der Waals surface area contributed by atoms with Crippen molar-refractivity contribution in [3.05, 3.63) is 35.9 Å². The molecule has 1 aromatic carbocycles. The fourth-order valence-corrected chi connectivity index (χ4v) is 1.01. The van der Waals surface area contributed by atoms with Gasteiger partial charge in [-0.15, -0.1) is 0 Å². The van der Waals surface area contributed by atoms with E-state index < -0.39 is 0 Å². The molecule has 0 saturated carbocycles. The zero-order valence-corrected chi connectivity index (χ0v) is 11.0. The molecule has 0 heterocycles. The lowest BCUT2D eigenvalue weighted by Crippen LogP contribution is -1.90. The molecule has 1 nitrogen and oxygen atoms in total. The van der Waals surface area contributed by atoms with Crippen LogP contribution < -0.4 is 5.73 Å². The summed E-state index contributed by atoms with van der Waals surface area (Å²) in [7, 11) is 0. The zero-order chi connectivity index (χ0) is 12.3. The highest BCUT2D eigenvalue weighted by Gasteiger charge is 1.96. The first-order valence-corrected chi connectivity index (χ1v) is 5.73. The van der Waals surface area contributed by atoms with E-state index in [1.54, 1.807) is 0 Å². The quantitative estimate of drug-likeness (QED) is 0.661. The van der Waals surface area contributed by atoms with E-state index in [4.69, 9.17) is 5.73 Å². The summed E-state index contributed by atoms with van der Waals surface area (Å²) in [6.45, 7) is 12.1. The molecule has 1 rings (SSSR count). The molecule has 0 aliphatic carbocycles. The molecular formula is C14H25N. The molecule has 1 heteroatoms. The van der Waals surface area contributed by atoms with Gasteiger partial charge in [-0.05, 0) is 31.1 Å². The Morgan fingerprint density at radius 1 is 1.07 bits per heavy atom. The summed E-state index contributed by atoms with van der Waals surface area (Å²) in [5.74, 6) is 0. The SMILES string of the molecule is C/C=C(/C)c1ccccc1N.CC.CC. The molecule has 0 aromatic heterocycles. The van der Waals surface area contributed by atoms with Gasteiger partial charge >= 0.3 is 0 Å². The third-order valence-corrected chi connectivity index (χ3v) is 1.82. The lowest BCUT2D eigenvalue weighted by atomic mass is 10.1. The van der Waals surface area contributed by atoms with E-state index in [1.807, 2.05) is 58.9 Å². The fourth-order valence-electron chi connectivity index (χ4n) is 1.01. The molecule has 0 saturated heterocycles. The molecule has 86 valence electrons. The average Bonchev–Trinajstić information content (AvgIpc) is 2.34. The third kappa shape index (κ3) is 5.95. The lowest BCUT2D eigenvalue weighted by molar-refractivity contribution is 1.50. The summed E-state index contributed by atoms with van der Waals surface area (Å²) >= 11 is 0. The highest BCUT2D eigenvalue weighted by Crippen LogP contribution is 2.19. The maximum Gasteiger partial charge on any atom is 0.0390 e. The van der Waals surface area contributed by atoms with Gasteiger partial charge in [0.1, 0.15) is 0 Å². The molecule has 15 heavy (non-hydrogen) atoms. The molecule has 0 spiro atoms. The second-order valence-corrected chi connectivity index (χ2v) is 2.56. The Balaban J connectivity index is 0. The number of benzene rings is 1. The molecule has 0 aliphatic rings. The van der Waals surface area contributed by atoms with Crippen molar-refractivity contribution in [2.75, 3.05) is 5.73 Å². The van der Waals surface area contributed by atoms with Crippen molar-refractivity contribution in [3.63, 3.8) is 0 Å². The molecule has 1 aromatic rings. The van der Waals surface area contributed by atoms with Crippen LogP contribution in [0.15, 0.2) is 30.3 Å². The van der Waals surface area contributed by atoms with Crippen LogP contribution in [0.25, 0.3) is 5.57 Å². The predicted molar refractivity (Wildman–Crippen MR) is 72.9 cm³/mol. The van der Waals surface area contributed by atoms with Crippen molar-refractivity contribution in [1.82, 2.24) is 0 Å². The van der Waals surface area contributed by atoms with E-state index in [2.05, 4.69) is 13.0 Å².